The second-order valence-corrected chi connectivity index (χ2v) is 6.54. The van der Waals surface area contributed by atoms with Crippen molar-refractivity contribution in [1.82, 2.24) is 10.2 Å². The first-order valence-corrected chi connectivity index (χ1v) is 8.69. The molecule has 0 heterocycles. The summed E-state index contributed by atoms with van der Waals surface area (Å²) in [5.74, 6) is -0.996. The van der Waals surface area contributed by atoms with Crippen LogP contribution in [-0.4, -0.2) is 36.9 Å². The molecule has 0 atom stereocenters. The van der Waals surface area contributed by atoms with E-state index in [2.05, 4.69) is 10.6 Å². The van der Waals surface area contributed by atoms with Crippen LogP contribution in [0, 0.1) is 0 Å². The van der Waals surface area contributed by atoms with Crippen molar-refractivity contribution < 1.29 is 22.8 Å². The van der Waals surface area contributed by atoms with Crippen molar-refractivity contribution in [2.45, 2.75) is 12.7 Å². The molecular weight excluding hydrogens is 395 g/mol. The molecule has 2 aromatic carbocycles. The van der Waals surface area contributed by atoms with E-state index in [1.54, 1.807) is 24.3 Å². The molecule has 0 aromatic heterocycles. The summed E-state index contributed by atoms with van der Waals surface area (Å²) in [6.07, 6.45) is -4.58. The predicted octanol–water partition coefficient (Wildman–Crippen LogP) is 3.55. The number of nitrogens with one attached hydrogen (secondary N) is 2. The molecule has 9 heteroatoms. The van der Waals surface area contributed by atoms with Gasteiger partial charge in [-0.25, -0.2) is 0 Å². The van der Waals surface area contributed by atoms with E-state index in [0.29, 0.717) is 5.02 Å². The van der Waals surface area contributed by atoms with Crippen LogP contribution in [0.5, 0.6) is 0 Å². The first-order chi connectivity index (χ1) is 13.2. The zero-order valence-corrected chi connectivity index (χ0v) is 15.8. The van der Waals surface area contributed by atoms with Gasteiger partial charge < -0.3 is 10.6 Å². The molecule has 0 aliphatic carbocycles. The van der Waals surface area contributed by atoms with Crippen LogP contribution in [0.2, 0.25) is 5.02 Å². The quantitative estimate of drug-likeness (QED) is 0.729. The van der Waals surface area contributed by atoms with E-state index in [4.69, 9.17) is 11.6 Å². The van der Waals surface area contributed by atoms with Gasteiger partial charge in [0.25, 0.3) is 0 Å². The Labute approximate surface area is 165 Å². The van der Waals surface area contributed by atoms with Crippen molar-refractivity contribution in [3.05, 3.63) is 64.7 Å². The zero-order chi connectivity index (χ0) is 20.7. The summed E-state index contributed by atoms with van der Waals surface area (Å²) in [5, 5.41) is 5.44. The second kappa shape index (κ2) is 9.57. The van der Waals surface area contributed by atoms with Crippen molar-refractivity contribution in [3.8, 4) is 0 Å². The van der Waals surface area contributed by atoms with Crippen molar-refractivity contribution in [3.63, 3.8) is 0 Å². The Balaban J connectivity index is 1.84. The lowest BCUT2D eigenvalue weighted by Crippen LogP contribution is -2.38. The first-order valence-electron chi connectivity index (χ1n) is 8.31. The van der Waals surface area contributed by atoms with Crippen LogP contribution in [0.1, 0.15) is 11.1 Å². The largest absolute Gasteiger partial charge is 0.418 e. The topological polar surface area (TPSA) is 61.4 Å². The SMILES string of the molecule is CN(CC(=O)NCc1ccccc1Cl)CC(=O)Nc1ccccc1C(F)(F)F. The number of carbonyl (C=O) groups excluding carboxylic acids is 2. The predicted molar refractivity (Wildman–Crippen MR) is 101 cm³/mol. The summed E-state index contributed by atoms with van der Waals surface area (Å²) in [4.78, 5) is 25.4. The van der Waals surface area contributed by atoms with Gasteiger partial charge in [0, 0.05) is 11.6 Å². The molecular formula is C19H19ClF3N3O2. The number of nitrogens with zero attached hydrogens (tertiary/aromatic N) is 1. The van der Waals surface area contributed by atoms with Crippen molar-refractivity contribution >= 4 is 29.1 Å². The van der Waals surface area contributed by atoms with Gasteiger partial charge in [0.1, 0.15) is 0 Å². The maximum Gasteiger partial charge on any atom is 0.418 e. The lowest BCUT2D eigenvalue weighted by molar-refractivity contribution is -0.137. The summed E-state index contributed by atoms with van der Waals surface area (Å²) in [7, 11) is 1.52. The molecule has 150 valence electrons. The molecule has 2 N–H and O–H groups in total. The maximum absolute atomic E-state index is 13.0. The Hall–Kier alpha value is -2.58. The fraction of sp³-hybridized carbons (Fsp3) is 0.263. The summed E-state index contributed by atoms with van der Waals surface area (Å²) in [6.45, 7) is -0.109. The summed E-state index contributed by atoms with van der Waals surface area (Å²) < 4.78 is 38.9. The van der Waals surface area contributed by atoms with Crippen LogP contribution in [0.25, 0.3) is 0 Å². The summed E-state index contributed by atoms with van der Waals surface area (Å²) >= 11 is 6.01. The van der Waals surface area contributed by atoms with Crippen LogP contribution in [-0.2, 0) is 22.3 Å². The summed E-state index contributed by atoms with van der Waals surface area (Å²) in [6, 6.07) is 11.8. The molecule has 0 saturated heterocycles. The Morgan fingerprint density at radius 1 is 1.00 bits per heavy atom. The van der Waals surface area contributed by atoms with Gasteiger partial charge in [0.05, 0.1) is 24.3 Å². The molecule has 0 unspecified atom stereocenters. The fourth-order valence-electron chi connectivity index (χ4n) is 2.47. The molecule has 2 amide bonds. The van der Waals surface area contributed by atoms with E-state index in [1.165, 1.54) is 30.1 Å². The Morgan fingerprint density at radius 2 is 1.61 bits per heavy atom. The monoisotopic (exact) mass is 413 g/mol. The van der Waals surface area contributed by atoms with Crippen LogP contribution >= 0.6 is 11.6 Å². The third-order valence-electron chi connectivity index (χ3n) is 3.77. The Morgan fingerprint density at radius 3 is 2.29 bits per heavy atom. The fourth-order valence-corrected chi connectivity index (χ4v) is 2.67. The molecule has 0 spiro atoms. The Kier molecular flexibility index (Phi) is 7.42. The van der Waals surface area contributed by atoms with Gasteiger partial charge in [-0.05, 0) is 30.8 Å². The number of amides is 2. The number of hydrogen-bond acceptors (Lipinski definition) is 3. The molecule has 0 saturated carbocycles. The number of benzene rings is 2. The highest BCUT2D eigenvalue weighted by atomic mass is 35.5. The number of carbonyl (C=O) groups is 2. The van der Waals surface area contributed by atoms with Gasteiger partial charge in [0.15, 0.2) is 0 Å². The zero-order valence-electron chi connectivity index (χ0n) is 15.0. The first kappa shape index (κ1) is 21.7. The minimum absolute atomic E-state index is 0.0984. The summed E-state index contributed by atoms with van der Waals surface area (Å²) in [5.41, 5.74) is -0.498. The molecule has 0 bridgehead atoms. The number of likely N-dealkylation sites (N-methyl/N-ethyl adjacent to an activating group) is 1. The number of para-hydroxylation sites is 1. The van der Waals surface area contributed by atoms with Gasteiger partial charge in [-0.2, -0.15) is 13.2 Å². The smallest absolute Gasteiger partial charge is 0.351 e. The lowest BCUT2D eigenvalue weighted by atomic mass is 10.1. The third kappa shape index (κ3) is 6.54. The van der Waals surface area contributed by atoms with Crippen LogP contribution in [0.3, 0.4) is 0 Å². The maximum atomic E-state index is 13.0. The standard InChI is InChI=1S/C19H19ClF3N3O2/c1-26(11-17(27)24-10-13-6-2-4-8-15(13)20)12-18(28)25-16-9-5-3-7-14(16)19(21,22)23/h2-9H,10-12H2,1H3,(H,24,27)(H,25,28). The number of anilines is 1. The van der Waals surface area contributed by atoms with E-state index in [1.807, 2.05) is 0 Å². The van der Waals surface area contributed by atoms with Gasteiger partial charge in [0.2, 0.25) is 11.8 Å². The molecule has 0 fully saturated rings. The highest BCUT2D eigenvalue weighted by Gasteiger charge is 2.33. The van der Waals surface area contributed by atoms with Gasteiger partial charge in [-0.15, -0.1) is 0 Å². The number of halogens is 4. The molecule has 0 radical (unpaired) electrons. The molecule has 5 nitrogen and oxygen atoms in total. The molecule has 2 aromatic rings. The second-order valence-electron chi connectivity index (χ2n) is 6.13. The average molecular weight is 414 g/mol. The highest BCUT2D eigenvalue weighted by Crippen LogP contribution is 2.34. The van der Waals surface area contributed by atoms with Crippen LogP contribution in [0.15, 0.2) is 48.5 Å². The molecule has 2 rings (SSSR count). The minimum atomic E-state index is -4.58. The number of alkyl halides is 3. The van der Waals surface area contributed by atoms with Crippen molar-refractivity contribution in [2.24, 2.45) is 0 Å². The van der Waals surface area contributed by atoms with Gasteiger partial charge >= 0.3 is 6.18 Å². The van der Waals surface area contributed by atoms with E-state index < -0.39 is 17.6 Å². The highest BCUT2D eigenvalue weighted by molar-refractivity contribution is 6.31. The van der Waals surface area contributed by atoms with E-state index in [9.17, 15) is 22.8 Å². The average Bonchev–Trinajstić information content (AvgIpc) is 2.60. The van der Waals surface area contributed by atoms with Crippen LogP contribution < -0.4 is 10.6 Å². The van der Waals surface area contributed by atoms with Crippen molar-refractivity contribution in [2.75, 3.05) is 25.5 Å². The van der Waals surface area contributed by atoms with Gasteiger partial charge in [-0.3, -0.25) is 14.5 Å². The van der Waals surface area contributed by atoms with Crippen molar-refractivity contribution in [1.29, 1.82) is 0 Å². The number of rotatable bonds is 7. The normalized spacial score (nSPS) is 11.4. The van der Waals surface area contributed by atoms with Crippen LogP contribution in [0.4, 0.5) is 18.9 Å². The number of hydrogen-bond donors (Lipinski definition) is 2. The minimum Gasteiger partial charge on any atom is -0.351 e. The van der Waals surface area contributed by atoms with E-state index in [-0.39, 0.29) is 31.2 Å². The van der Waals surface area contributed by atoms with E-state index in [0.717, 1.165) is 11.6 Å². The molecule has 0 aliphatic rings. The van der Waals surface area contributed by atoms with Gasteiger partial charge in [-0.1, -0.05) is 41.9 Å². The lowest BCUT2D eigenvalue weighted by Gasteiger charge is -2.18. The van der Waals surface area contributed by atoms with E-state index >= 15 is 0 Å². The third-order valence-corrected chi connectivity index (χ3v) is 4.14. The Bertz CT molecular complexity index is 843. The molecule has 0 aliphatic heterocycles. The molecule has 28 heavy (non-hydrogen) atoms.